The zero-order valence-electron chi connectivity index (χ0n) is 17.7. The van der Waals surface area contributed by atoms with E-state index < -0.39 is 0 Å². The normalized spacial score (nSPS) is 11.1. The molecule has 0 unspecified atom stereocenters. The molecule has 0 aliphatic carbocycles. The zero-order chi connectivity index (χ0) is 20.3. The third-order valence-corrected chi connectivity index (χ3v) is 4.67. The van der Waals surface area contributed by atoms with E-state index in [0.29, 0.717) is 6.54 Å². The molecule has 0 saturated heterocycles. The summed E-state index contributed by atoms with van der Waals surface area (Å²) in [5.41, 5.74) is 4.82. The highest BCUT2D eigenvalue weighted by Gasteiger charge is 2.06. The van der Waals surface area contributed by atoms with Gasteiger partial charge in [0.15, 0.2) is 5.96 Å². The highest BCUT2D eigenvalue weighted by atomic mass is 127. The Morgan fingerprint density at radius 2 is 1.83 bits per heavy atom. The van der Waals surface area contributed by atoms with E-state index in [1.165, 1.54) is 28.7 Å². The number of unbranched alkanes of at least 4 members (excludes halogenated alkanes) is 1. The molecule has 2 N–H and O–H groups in total. The van der Waals surface area contributed by atoms with Crippen LogP contribution in [0.2, 0.25) is 0 Å². The van der Waals surface area contributed by atoms with Crippen LogP contribution in [0.1, 0.15) is 37.8 Å². The molecule has 3 rings (SSSR count). The van der Waals surface area contributed by atoms with Gasteiger partial charge in [-0.3, -0.25) is 0 Å². The Morgan fingerprint density at radius 3 is 2.53 bits per heavy atom. The lowest BCUT2D eigenvalue weighted by atomic mass is 9.98. The number of hydrogen-bond donors (Lipinski definition) is 2. The Labute approximate surface area is 196 Å². The third kappa shape index (κ3) is 7.12. The summed E-state index contributed by atoms with van der Waals surface area (Å²) in [5.74, 6) is 0.874. The molecule has 2 aromatic carbocycles. The molecule has 6 nitrogen and oxygen atoms in total. The van der Waals surface area contributed by atoms with Gasteiger partial charge in [-0.2, -0.15) is 5.10 Å². The second-order valence-electron chi connectivity index (χ2n) is 6.92. The summed E-state index contributed by atoms with van der Waals surface area (Å²) in [4.78, 5) is 8.78. The van der Waals surface area contributed by atoms with Crippen LogP contribution < -0.4 is 10.6 Å². The third-order valence-electron chi connectivity index (χ3n) is 4.67. The lowest BCUT2D eigenvalue weighted by Gasteiger charge is -2.12. The zero-order valence-corrected chi connectivity index (χ0v) is 20.0. The Bertz CT molecular complexity index is 890. The van der Waals surface area contributed by atoms with Crippen molar-refractivity contribution in [1.82, 2.24) is 25.4 Å². The summed E-state index contributed by atoms with van der Waals surface area (Å²) in [6, 6.07) is 17.1. The number of aliphatic imine (C=N–C) groups is 1. The summed E-state index contributed by atoms with van der Waals surface area (Å²) in [6.45, 7) is 7.44. The number of hydrogen-bond acceptors (Lipinski definition) is 3. The van der Waals surface area contributed by atoms with Gasteiger partial charge in [0.25, 0.3) is 0 Å². The van der Waals surface area contributed by atoms with Gasteiger partial charge >= 0.3 is 0 Å². The Kier molecular flexibility index (Phi) is 10.3. The molecule has 7 heteroatoms. The monoisotopic (exact) mass is 518 g/mol. The van der Waals surface area contributed by atoms with Crippen molar-refractivity contribution in [2.24, 2.45) is 4.99 Å². The minimum Gasteiger partial charge on any atom is -0.357 e. The summed E-state index contributed by atoms with van der Waals surface area (Å²) < 4.78 is 1.82. The first-order valence-corrected chi connectivity index (χ1v) is 10.3. The second-order valence-corrected chi connectivity index (χ2v) is 6.92. The van der Waals surface area contributed by atoms with Gasteiger partial charge < -0.3 is 10.6 Å². The van der Waals surface area contributed by atoms with E-state index in [0.717, 1.165) is 32.0 Å². The molecular formula is C23H31IN6. The molecule has 0 amide bonds. The van der Waals surface area contributed by atoms with Gasteiger partial charge in [0.2, 0.25) is 0 Å². The highest BCUT2D eigenvalue weighted by Crippen LogP contribution is 2.25. The maximum atomic E-state index is 4.79. The van der Waals surface area contributed by atoms with Gasteiger partial charge in [0.05, 0.1) is 13.1 Å². The molecule has 1 heterocycles. The van der Waals surface area contributed by atoms with Crippen molar-refractivity contribution in [2.75, 3.05) is 13.1 Å². The Hall–Kier alpha value is -2.42. The highest BCUT2D eigenvalue weighted by molar-refractivity contribution is 14.0. The number of nitrogens with zero attached hydrogens (tertiary/aromatic N) is 4. The number of benzene rings is 2. The van der Waals surface area contributed by atoms with Crippen LogP contribution in [0, 0.1) is 0 Å². The van der Waals surface area contributed by atoms with Crippen LogP contribution >= 0.6 is 24.0 Å². The number of aromatic nitrogens is 3. The van der Waals surface area contributed by atoms with Gasteiger partial charge in [0.1, 0.15) is 12.7 Å². The summed E-state index contributed by atoms with van der Waals surface area (Å²) in [5, 5.41) is 10.9. The van der Waals surface area contributed by atoms with Gasteiger partial charge in [-0.15, -0.1) is 24.0 Å². The fourth-order valence-electron chi connectivity index (χ4n) is 3.12. The first-order valence-electron chi connectivity index (χ1n) is 10.3. The minimum absolute atomic E-state index is 0. The van der Waals surface area contributed by atoms with Crippen LogP contribution in [0.5, 0.6) is 0 Å². The molecule has 0 spiro atoms. The van der Waals surface area contributed by atoms with Crippen LogP contribution in [-0.2, 0) is 13.1 Å². The van der Waals surface area contributed by atoms with Crippen molar-refractivity contribution in [3.05, 3.63) is 72.3 Å². The molecule has 160 valence electrons. The van der Waals surface area contributed by atoms with E-state index in [-0.39, 0.29) is 24.0 Å². The Balaban J connectivity index is 0.00000320. The predicted octanol–water partition coefficient (Wildman–Crippen LogP) is 4.47. The fourth-order valence-corrected chi connectivity index (χ4v) is 3.12. The van der Waals surface area contributed by atoms with Crippen LogP contribution in [0.3, 0.4) is 0 Å². The molecular weight excluding hydrogens is 487 g/mol. The van der Waals surface area contributed by atoms with E-state index in [1.54, 1.807) is 12.7 Å². The van der Waals surface area contributed by atoms with E-state index in [1.807, 2.05) is 4.68 Å². The minimum atomic E-state index is 0. The number of guanidine groups is 1. The van der Waals surface area contributed by atoms with E-state index >= 15 is 0 Å². The van der Waals surface area contributed by atoms with Crippen LogP contribution in [0.15, 0.2) is 66.2 Å². The molecule has 0 saturated carbocycles. The van der Waals surface area contributed by atoms with Gasteiger partial charge in [0, 0.05) is 13.1 Å². The van der Waals surface area contributed by atoms with Crippen molar-refractivity contribution in [2.45, 2.75) is 39.8 Å². The molecule has 0 atom stereocenters. The lowest BCUT2D eigenvalue weighted by molar-refractivity contribution is 0.685. The summed E-state index contributed by atoms with van der Waals surface area (Å²) >= 11 is 0. The van der Waals surface area contributed by atoms with Crippen LogP contribution in [0.25, 0.3) is 11.1 Å². The standard InChI is InChI=1S/C23H30N6.HI/c1-3-5-14-26-23(25-4-2)27-15-21-8-6-7-9-22(21)20-12-10-19(11-13-20)16-29-18-24-17-28-29;/h6-13,17-18H,3-5,14-16H2,1-2H3,(H2,25,26,27);1H. The van der Waals surface area contributed by atoms with Crippen LogP contribution in [-0.4, -0.2) is 33.8 Å². The molecule has 30 heavy (non-hydrogen) atoms. The number of nitrogens with one attached hydrogen (secondary N) is 2. The molecule has 3 aromatic rings. The van der Waals surface area contributed by atoms with Crippen LogP contribution in [0.4, 0.5) is 0 Å². The molecule has 1 aromatic heterocycles. The summed E-state index contributed by atoms with van der Waals surface area (Å²) in [7, 11) is 0. The first kappa shape index (κ1) is 23.9. The molecule has 0 fully saturated rings. The average molecular weight is 518 g/mol. The van der Waals surface area contributed by atoms with Crippen molar-refractivity contribution < 1.29 is 0 Å². The van der Waals surface area contributed by atoms with Crippen molar-refractivity contribution in [3.63, 3.8) is 0 Å². The van der Waals surface area contributed by atoms with Crippen molar-refractivity contribution in [3.8, 4) is 11.1 Å². The molecule has 0 bridgehead atoms. The van der Waals surface area contributed by atoms with E-state index in [4.69, 9.17) is 4.99 Å². The van der Waals surface area contributed by atoms with Crippen molar-refractivity contribution >= 4 is 29.9 Å². The lowest BCUT2D eigenvalue weighted by Crippen LogP contribution is -2.37. The molecule has 0 radical (unpaired) electrons. The quantitative estimate of drug-likeness (QED) is 0.190. The SMILES string of the molecule is CCCCNC(=NCc1ccccc1-c1ccc(Cn2cncn2)cc1)NCC.I. The predicted molar refractivity (Wildman–Crippen MR) is 134 cm³/mol. The van der Waals surface area contributed by atoms with E-state index in [2.05, 4.69) is 83.1 Å². The maximum Gasteiger partial charge on any atom is 0.191 e. The summed E-state index contributed by atoms with van der Waals surface area (Å²) in [6.07, 6.45) is 5.60. The van der Waals surface area contributed by atoms with Crippen molar-refractivity contribution in [1.29, 1.82) is 0 Å². The largest absolute Gasteiger partial charge is 0.357 e. The Morgan fingerprint density at radius 1 is 1.03 bits per heavy atom. The second kappa shape index (κ2) is 13.0. The number of rotatable bonds is 9. The molecule has 0 aliphatic heterocycles. The topological polar surface area (TPSA) is 67.1 Å². The fraction of sp³-hybridized carbons (Fsp3) is 0.348. The van der Waals surface area contributed by atoms with E-state index in [9.17, 15) is 0 Å². The van der Waals surface area contributed by atoms with Gasteiger partial charge in [-0.25, -0.2) is 14.7 Å². The average Bonchev–Trinajstić information content (AvgIpc) is 3.26. The van der Waals surface area contributed by atoms with Gasteiger partial charge in [-0.05, 0) is 35.6 Å². The van der Waals surface area contributed by atoms with Gasteiger partial charge in [-0.1, -0.05) is 61.9 Å². The first-order chi connectivity index (χ1) is 14.3. The number of halogens is 1. The maximum absolute atomic E-state index is 4.79. The molecule has 0 aliphatic rings. The smallest absolute Gasteiger partial charge is 0.191 e.